The number of carbonyl (C=O) groups is 1. The van der Waals surface area contributed by atoms with Crippen molar-refractivity contribution in [1.29, 1.82) is 0 Å². The first-order valence-corrected chi connectivity index (χ1v) is 5.32. The van der Waals surface area contributed by atoms with Crippen molar-refractivity contribution >= 4 is 5.97 Å². The van der Waals surface area contributed by atoms with Crippen LogP contribution in [0.25, 0.3) is 0 Å². The number of hydrogen-bond acceptors (Lipinski definition) is 2. The van der Waals surface area contributed by atoms with Gasteiger partial charge in [-0.2, -0.15) is 0 Å². The fourth-order valence-corrected chi connectivity index (χ4v) is 1.61. The van der Waals surface area contributed by atoms with Crippen LogP contribution in [0.15, 0.2) is 24.3 Å². The highest BCUT2D eigenvalue weighted by Crippen LogP contribution is 2.30. The molecular weight excluding hydrogens is 204 g/mol. The number of methoxy groups -OCH3 is 1. The maximum absolute atomic E-state index is 10.6. The molecule has 88 valence electrons. The summed E-state index contributed by atoms with van der Waals surface area (Å²) < 4.78 is 5.16. The van der Waals surface area contributed by atoms with E-state index in [9.17, 15) is 4.79 Å². The van der Waals surface area contributed by atoms with Gasteiger partial charge < -0.3 is 9.84 Å². The number of carboxylic acids is 1. The third-order valence-electron chi connectivity index (χ3n) is 2.82. The van der Waals surface area contributed by atoms with Gasteiger partial charge in [-0.3, -0.25) is 4.79 Å². The molecule has 0 fully saturated rings. The molecule has 0 aliphatic heterocycles. The second kappa shape index (κ2) is 5.01. The maximum atomic E-state index is 10.6. The molecule has 1 aromatic carbocycles. The zero-order valence-electron chi connectivity index (χ0n) is 9.99. The van der Waals surface area contributed by atoms with Gasteiger partial charge in [0.25, 0.3) is 0 Å². The van der Waals surface area contributed by atoms with Gasteiger partial charge in [0.1, 0.15) is 5.75 Å². The molecule has 1 aromatic rings. The summed E-state index contributed by atoms with van der Waals surface area (Å²) in [5, 5.41) is 8.70. The van der Waals surface area contributed by atoms with Crippen molar-refractivity contribution in [1.82, 2.24) is 0 Å². The van der Waals surface area contributed by atoms with Gasteiger partial charge in [-0.15, -0.1) is 0 Å². The standard InChI is InChI=1S/C13H18O3/c1-13(2,8-7-12(14)15)10-5-4-6-11(9-10)16-3/h4-6,9H,7-8H2,1-3H3,(H,14,15). The smallest absolute Gasteiger partial charge is 0.303 e. The van der Waals surface area contributed by atoms with Gasteiger partial charge in [0.05, 0.1) is 7.11 Å². The largest absolute Gasteiger partial charge is 0.497 e. The Balaban J connectivity index is 2.83. The average molecular weight is 222 g/mol. The first-order chi connectivity index (χ1) is 7.45. The highest BCUT2D eigenvalue weighted by atomic mass is 16.5. The van der Waals surface area contributed by atoms with Crippen molar-refractivity contribution in [2.75, 3.05) is 7.11 Å². The summed E-state index contributed by atoms with van der Waals surface area (Å²) in [5.41, 5.74) is 0.959. The molecule has 3 heteroatoms. The highest BCUT2D eigenvalue weighted by molar-refractivity contribution is 5.66. The van der Waals surface area contributed by atoms with Crippen molar-refractivity contribution in [2.45, 2.75) is 32.1 Å². The van der Waals surface area contributed by atoms with E-state index in [1.807, 2.05) is 38.1 Å². The second-order valence-corrected chi connectivity index (χ2v) is 4.51. The Morgan fingerprint density at radius 3 is 2.69 bits per heavy atom. The zero-order valence-corrected chi connectivity index (χ0v) is 9.99. The molecule has 1 rings (SSSR count). The van der Waals surface area contributed by atoms with Crippen LogP contribution in [0, 0.1) is 0 Å². The third-order valence-corrected chi connectivity index (χ3v) is 2.82. The molecule has 0 radical (unpaired) electrons. The molecule has 0 amide bonds. The molecule has 0 unspecified atom stereocenters. The van der Waals surface area contributed by atoms with E-state index < -0.39 is 5.97 Å². The lowest BCUT2D eigenvalue weighted by Crippen LogP contribution is -2.18. The molecule has 3 nitrogen and oxygen atoms in total. The van der Waals surface area contributed by atoms with E-state index in [1.165, 1.54) is 0 Å². The molecular formula is C13H18O3. The summed E-state index contributed by atoms with van der Waals surface area (Å²) in [7, 11) is 1.63. The quantitative estimate of drug-likeness (QED) is 0.833. The topological polar surface area (TPSA) is 46.5 Å². The minimum Gasteiger partial charge on any atom is -0.497 e. The Bertz CT molecular complexity index is 369. The zero-order chi connectivity index (χ0) is 12.2. The van der Waals surface area contributed by atoms with E-state index in [-0.39, 0.29) is 11.8 Å². The number of aliphatic carboxylic acids is 1. The third kappa shape index (κ3) is 3.26. The first-order valence-electron chi connectivity index (χ1n) is 5.32. The summed E-state index contributed by atoms with van der Waals surface area (Å²) in [5.74, 6) is 0.0527. The molecule has 0 aromatic heterocycles. The van der Waals surface area contributed by atoms with Crippen molar-refractivity contribution in [3.8, 4) is 5.75 Å². The van der Waals surface area contributed by atoms with E-state index in [2.05, 4.69) is 0 Å². The van der Waals surface area contributed by atoms with Crippen molar-refractivity contribution in [3.05, 3.63) is 29.8 Å². The Morgan fingerprint density at radius 2 is 2.12 bits per heavy atom. The number of rotatable bonds is 5. The van der Waals surface area contributed by atoms with Crippen LogP contribution >= 0.6 is 0 Å². The number of hydrogen-bond donors (Lipinski definition) is 1. The SMILES string of the molecule is COc1cccc(C(C)(C)CCC(=O)O)c1. The van der Waals surface area contributed by atoms with Crippen molar-refractivity contribution in [2.24, 2.45) is 0 Å². The van der Waals surface area contributed by atoms with Crippen LogP contribution in [0.2, 0.25) is 0 Å². The summed E-state index contributed by atoms with van der Waals surface area (Å²) in [4.78, 5) is 10.6. The van der Waals surface area contributed by atoms with Gasteiger partial charge in [-0.05, 0) is 29.5 Å². The molecule has 16 heavy (non-hydrogen) atoms. The molecule has 1 N–H and O–H groups in total. The van der Waals surface area contributed by atoms with Crippen LogP contribution in [0.1, 0.15) is 32.3 Å². The minimum atomic E-state index is -0.754. The van der Waals surface area contributed by atoms with Gasteiger partial charge in [-0.25, -0.2) is 0 Å². The summed E-state index contributed by atoms with van der Waals surface area (Å²) >= 11 is 0. The number of ether oxygens (including phenoxy) is 1. The monoisotopic (exact) mass is 222 g/mol. The summed E-state index contributed by atoms with van der Waals surface area (Å²) in [6.07, 6.45) is 0.805. The fraction of sp³-hybridized carbons (Fsp3) is 0.462. The van der Waals surface area contributed by atoms with Gasteiger partial charge in [0, 0.05) is 6.42 Å². The molecule has 0 saturated carbocycles. The van der Waals surface area contributed by atoms with Crippen LogP contribution in [0.4, 0.5) is 0 Å². The van der Waals surface area contributed by atoms with Crippen LogP contribution in [-0.4, -0.2) is 18.2 Å². The molecule has 0 bridgehead atoms. The molecule has 0 saturated heterocycles. The molecule has 0 spiro atoms. The van der Waals surface area contributed by atoms with Crippen molar-refractivity contribution < 1.29 is 14.6 Å². The summed E-state index contributed by atoms with van der Waals surface area (Å²) in [6.45, 7) is 4.09. The van der Waals surface area contributed by atoms with Crippen LogP contribution in [-0.2, 0) is 10.2 Å². The van der Waals surface area contributed by atoms with E-state index in [0.717, 1.165) is 11.3 Å². The molecule has 0 heterocycles. The lowest BCUT2D eigenvalue weighted by molar-refractivity contribution is -0.137. The van der Waals surface area contributed by atoms with Gasteiger partial charge in [-0.1, -0.05) is 26.0 Å². The van der Waals surface area contributed by atoms with E-state index in [0.29, 0.717) is 6.42 Å². The fourth-order valence-electron chi connectivity index (χ4n) is 1.61. The number of carboxylic acid groups (broad SMARTS) is 1. The second-order valence-electron chi connectivity index (χ2n) is 4.51. The van der Waals surface area contributed by atoms with Crippen molar-refractivity contribution in [3.63, 3.8) is 0 Å². The molecule has 0 atom stereocenters. The van der Waals surface area contributed by atoms with Gasteiger partial charge in [0.2, 0.25) is 0 Å². The maximum Gasteiger partial charge on any atom is 0.303 e. The van der Waals surface area contributed by atoms with E-state index in [1.54, 1.807) is 7.11 Å². The predicted octanol–water partition coefficient (Wildman–Crippen LogP) is 2.84. The Labute approximate surface area is 96.1 Å². The average Bonchev–Trinajstić information content (AvgIpc) is 2.27. The predicted molar refractivity (Wildman–Crippen MR) is 62.9 cm³/mol. The number of benzene rings is 1. The van der Waals surface area contributed by atoms with Crippen LogP contribution in [0.5, 0.6) is 5.75 Å². The van der Waals surface area contributed by atoms with Crippen LogP contribution < -0.4 is 4.74 Å². The van der Waals surface area contributed by atoms with Gasteiger partial charge >= 0.3 is 5.97 Å². The minimum absolute atomic E-state index is 0.146. The lowest BCUT2D eigenvalue weighted by atomic mass is 9.80. The molecule has 0 aliphatic rings. The Morgan fingerprint density at radius 1 is 1.44 bits per heavy atom. The first kappa shape index (κ1) is 12.6. The van der Waals surface area contributed by atoms with E-state index in [4.69, 9.17) is 9.84 Å². The van der Waals surface area contributed by atoms with E-state index >= 15 is 0 Å². The molecule has 0 aliphatic carbocycles. The van der Waals surface area contributed by atoms with Crippen LogP contribution in [0.3, 0.4) is 0 Å². The Hall–Kier alpha value is -1.51. The summed E-state index contributed by atoms with van der Waals surface area (Å²) in [6, 6.07) is 7.78. The Kier molecular flexibility index (Phi) is 3.93. The normalized spacial score (nSPS) is 11.2. The highest BCUT2D eigenvalue weighted by Gasteiger charge is 2.21. The lowest BCUT2D eigenvalue weighted by Gasteiger charge is -2.24. The van der Waals surface area contributed by atoms with Gasteiger partial charge in [0.15, 0.2) is 0 Å².